The van der Waals surface area contributed by atoms with Crippen LogP contribution in [0.4, 0.5) is 0 Å². The molecule has 0 bridgehead atoms. The smallest absolute Gasteiger partial charge is 0.223 e. The van der Waals surface area contributed by atoms with Crippen LogP contribution in [-0.2, 0) is 18.4 Å². The van der Waals surface area contributed by atoms with Gasteiger partial charge in [0.25, 0.3) is 0 Å². The van der Waals surface area contributed by atoms with E-state index in [4.69, 9.17) is 0 Å². The van der Waals surface area contributed by atoms with Crippen LogP contribution in [0.25, 0.3) is 0 Å². The lowest BCUT2D eigenvalue weighted by Crippen LogP contribution is -2.34. The first-order chi connectivity index (χ1) is 8.33. The number of aryl methyl sites for hydroxylation is 1. The Hall–Kier alpha value is -1.25. The van der Waals surface area contributed by atoms with Crippen LogP contribution in [0.2, 0.25) is 0 Å². The Bertz CT molecular complexity index is 387. The summed E-state index contributed by atoms with van der Waals surface area (Å²) in [7, 11) is 2.02. The minimum Gasteiger partial charge on any atom is -0.353 e. The molecule has 0 aliphatic carbocycles. The van der Waals surface area contributed by atoms with Gasteiger partial charge in [-0.15, -0.1) is 0 Å². The van der Waals surface area contributed by atoms with E-state index in [1.54, 1.807) is 0 Å². The fourth-order valence-electron chi connectivity index (χ4n) is 1.98. The molecule has 0 spiro atoms. The van der Waals surface area contributed by atoms with Gasteiger partial charge in [0.15, 0.2) is 0 Å². The van der Waals surface area contributed by atoms with E-state index in [0.29, 0.717) is 13.0 Å². The lowest BCUT2D eigenvalue weighted by Gasteiger charge is -2.26. The summed E-state index contributed by atoms with van der Waals surface area (Å²) in [5.74, 6) is 0.255. The van der Waals surface area contributed by atoms with E-state index in [1.165, 1.54) is 5.69 Å². The van der Waals surface area contributed by atoms with Gasteiger partial charge in [0.2, 0.25) is 5.91 Å². The molecular formula is C15H26N2O. The standard InChI is InChI=1S/C15H26N2O/c1-6-9-17(14(18)11-15(2,3)4)12-13-8-7-10-16(13)5/h7-8,10H,6,9,11-12H2,1-5H3. The molecule has 3 heteroatoms. The summed E-state index contributed by atoms with van der Waals surface area (Å²) in [4.78, 5) is 14.3. The molecule has 1 heterocycles. The third kappa shape index (κ3) is 4.55. The van der Waals surface area contributed by atoms with Crippen LogP contribution < -0.4 is 0 Å². The molecule has 0 radical (unpaired) electrons. The van der Waals surface area contributed by atoms with Crippen molar-refractivity contribution in [1.82, 2.24) is 9.47 Å². The van der Waals surface area contributed by atoms with Gasteiger partial charge in [-0.1, -0.05) is 27.7 Å². The lowest BCUT2D eigenvalue weighted by atomic mass is 9.91. The first-order valence-electron chi connectivity index (χ1n) is 6.71. The molecule has 1 aromatic heterocycles. The largest absolute Gasteiger partial charge is 0.353 e. The minimum absolute atomic E-state index is 0.0529. The molecule has 1 rings (SSSR count). The highest BCUT2D eigenvalue weighted by molar-refractivity contribution is 5.76. The highest BCUT2D eigenvalue weighted by atomic mass is 16.2. The average Bonchev–Trinajstić information content (AvgIpc) is 2.61. The third-order valence-corrected chi connectivity index (χ3v) is 2.93. The third-order valence-electron chi connectivity index (χ3n) is 2.93. The van der Waals surface area contributed by atoms with Crippen molar-refractivity contribution in [3.05, 3.63) is 24.0 Å². The van der Waals surface area contributed by atoms with Crippen molar-refractivity contribution in [3.63, 3.8) is 0 Å². The van der Waals surface area contributed by atoms with E-state index >= 15 is 0 Å². The molecule has 1 aromatic rings. The van der Waals surface area contributed by atoms with Crippen LogP contribution in [0.15, 0.2) is 18.3 Å². The number of nitrogens with zero attached hydrogens (tertiary/aromatic N) is 2. The molecule has 102 valence electrons. The Labute approximate surface area is 111 Å². The Morgan fingerprint density at radius 2 is 2.06 bits per heavy atom. The number of carbonyl (C=O) groups is 1. The SMILES string of the molecule is CCCN(Cc1cccn1C)C(=O)CC(C)(C)C. The summed E-state index contributed by atoms with van der Waals surface area (Å²) >= 11 is 0. The predicted molar refractivity (Wildman–Crippen MR) is 75.2 cm³/mol. The van der Waals surface area contributed by atoms with Crippen molar-refractivity contribution < 1.29 is 4.79 Å². The molecule has 0 atom stereocenters. The van der Waals surface area contributed by atoms with Crippen molar-refractivity contribution in [2.75, 3.05) is 6.54 Å². The second-order valence-corrected chi connectivity index (χ2v) is 6.16. The first-order valence-corrected chi connectivity index (χ1v) is 6.71. The summed E-state index contributed by atoms with van der Waals surface area (Å²) in [6.07, 6.45) is 3.63. The molecule has 0 N–H and O–H groups in total. The van der Waals surface area contributed by atoms with Crippen molar-refractivity contribution in [2.45, 2.75) is 47.1 Å². The van der Waals surface area contributed by atoms with E-state index in [-0.39, 0.29) is 11.3 Å². The van der Waals surface area contributed by atoms with Gasteiger partial charge in [-0.25, -0.2) is 0 Å². The number of aromatic nitrogens is 1. The van der Waals surface area contributed by atoms with Crippen LogP contribution in [0.1, 0.15) is 46.2 Å². The van der Waals surface area contributed by atoms with Gasteiger partial charge in [-0.3, -0.25) is 4.79 Å². The fourth-order valence-corrected chi connectivity index (χ4v) is 1.98. The maximum absolute atomic E-state index is 12.3. The van der Waals surface area contributed by atoms with Crippen molar-refractivity contribution in [2.24, 2.45) is 12.5 Å². The average molecular weight is 250 g/mol. The van der Waals surface area contributed by atoms with Crippen LogP contribution in [0.5, 0.6) is 0 Å². The molecule has 3 nitrogen and oxygen atoms in total. The maximum Gasteiger partial charge on any atom is 0.223 e. The van der Waals surface area contributed by atoms with Gasteiger partial charge in [0.05, 0.1) is 6.54 Å². The zero-order chi connectivity index (χ0) is 13.8. The second kappa shape index (κ2) is 6.07. The Kier molecular flexibility index (Phi) is 5.00. The molecule has 0 saturated heterocycles. The highest BCUT2D eigenvalue weighted by Crippen LogP contribution is 2.20. The molecule has 0 unspecified atom stereocenters. The summed E-state index contributed by atoms with van der Waals surface area (Å²) in [6.45, 7) is 9.99. The number of hydrogen-bond acceptors (Lipinski definition) is 1. The Morgan fingerprint density at radius 3 is 2.50 bits per heavy atom. The monoisotopic (exact) mass is 250 g/mol. The zero-order valence-electron chi connectivity index (χ0n) is 12.4. The second-order valence-electron chi connectivity index (χ2n) is 6.16. The molecule has 0 aromatic carbocycles. The van der Waals surface area contributed by atoms with E-state index in [9.17, 15) is 4.79 Å². The van der Waals surface area contributed by atoms with Crippen LogP contribution in [0, 0.1) is 5.41 Å². The molecule has 0 aliphatic heterocycles. The first kappa shape index (κ1) is 14.8. The van der Waals surface area contributed by atoms with Gasteiger partial charge in [0, 0.05) is 31.9 Å². The number of rotatable bonds is 5. The summed E-state index contributed by atoms with van der Waals surface area (Å²) < 4.78 is 2.08. The van der Waals surface area contributed by atoms with Gasteiger partial charge in [-0.05, 0) is 24.0 Å². The van der Waals surface area contributed by atoms with Crippen molar-refractivity contribution in [1.29, 1.82) is 0 Å². The minimum atomic E-state index is 0.0529. The predicted octanol–water partition coefficient (Wildman–Crippen LogP) is 3.20. The molecule has 0 saturated carbocycles. The van der Waals surface area contributed by atoms with Crippen molar-refractivity contribution >= 4 is 5.91 Å². The molecule has 0 aliphatic rings. The van der Waals surface area contributed by atoms with E-state index in [1.807, 2.05) is 24.2 Å². The Morgan fingerprint density at radius 1 is 1.39 bits per heavy atom. The fraction of sp³-hybridized carbons (Fsp3) is 0.667. The zero-order valence-corrected chi connectivity index (χ0v) is 12.4. The molecule has 0 fully saturated rings. The van der Waals surface area contributed by atoms with E-state index in [2.05, 4.69) is 38.3 Å². The van der Waals surface area contributed by atoms with Gasteiger partial charge in [0.1, 0.15) is 0 Å². The number of hydrogen-bond donors (Lipinski definition) is 0. The summed E-state index contributed by atoms with van der Waals surface area (Å²) in [6, 6.07) is 4.10. The summed E-state index contributed by atoms with van der Waals surface area (Å²) in [5.41, 5.74) is 1.24. The van der Waals surface area contributed by atoms with E-state index < -0.39 is 0 Å². The number of carbonyl (C=O) groups excluding carboxylic acids is 1. The van der Waals surface area contributed by atoms with Crippen molar-refractivity contribution in [3.8, 4) is 0 Å². The molecule has 18 heavy (non-hydrogen) atoms. The van der Waals surface area contributed by atoms with Crippen LogP contribution in [0.3, 0.4) is 0 Å². The number of amides is 1. The topological polar surface area (TPSA) is 25.2 Å². The highest BCUT2D eigenvalue weighted by Gasteiger charge is 2.21. The van der Waals surface area contributed by atoms with Gasteiger partial charge >= 0.3 is 0 Å². The summed E-state index contributed by atoms with van der Waals surface area (Å²) in [5, 5.41) is 0. The maximum atomic E-state index is 12.3. The quantitative estimate of drug-likeness (QED) is 0.788. The molecule has 1 amide bonds. The normalized spacial score (nSPS) is 11.6. The van der Waals surface area contributed by atoms with E-state index in [0.717, 1.165) is 13.0 Å². The van der Waals surface area contributed by atoms with Crippen LogP contribution in [-0.4, -0.2) is 21.9 Å². The lowest BCUT2D eigenvalue weighted by molar-refractivity contribution is -0.133. The van der Waals surface area contributed by atoms with Crippen LogP contribution >= 0.6 is 0 Å². The molecular weight excluding hydrogens is 224 g/mol. The Balaban J connectivity index is 2.71. The van der Waals surface area contributed by atoms with Gasteiger partial charge < -0.3 is 9.47 Å². The van der Waals surface area contributed by atoms with Gasteiger partial charge in [-0.2, -0.15) is 0 Å².